The molecule has 0 radical (unpaired) electrons. The van der Waals surface area contributed by atoms with Crippen LogP contribution in [0.15, 0.2) is 28.0 Å². The van der Waals surface area contributed by atoms with Crippen LogP contribution in [0.5, 0.6) is 0 Å². The number of hydrogen-bond acceptors (Lipinski definition) is 5. The van der Waals surface area contributed by atoms with Gasteiger partial charge in [0, 0.05) is 18.8 Å². The van der Waals surface area contributed by atoms with Crippen LogP contribution < -0.4 is 15.2 Å². The summed E-state index contributed by atoms with van der Waals surface area (Å²) in [7, 11) is -7.69. The van der Waals surface area contributed by atoms with Crippen molar-refractivity contribution in [2.75, 3.05) is 18.8 Å². The van der Waals surface area contributed by atoms with Gasteiger partial charge < -0.3 is 5.73 Å². The Morgan fingerprint density at radius 3 is 1.08 bits per heavy atom. The maximum absolute atomic E-state index is 12.8. The second-order valence-corrected chi connectivity index (χ2v) is 14.4. The molecule has 0 amide bonds. The van der Waals surface area contributed by atoms with Crippen LogP contribution in [0.2, 0.25) is 0 Å². The van der Waals surface area contributed by atoms with Gasteiger partial charge >= 0.3 is 0 Å². The molecule has 0 atom stereocenters. The second kappa shape index (κ2) is 21.6. The number of hydrogen-bond donors (Lipinski definition) is 3. The molecule has 0 bridgehead atoms. The minimum absolute atomic E-state index is 0.108. The summed E-state index contributed by atoms with van der Waals surface area (Å²) < 4.78 is 56.4. The highest BCUT2D eigenvalue weighted by Gasteiger charge is 2.20. The van der Waals surface area contributed by atoms with Gasteiger partial charge in [0.15, 0.2) is 0 Å². The van der Waals surface area contributed by atoms with Crippen LogP contribution in [0.3, 0.4) is 0 Å². The van der Waals surface area contributed by atoms with Gasteiger partial charge in [0.25, 0.3) is 0 Å². The largest absolute Gasteiger partial charge is 0.399 e. The number of nitrogens with two attached hydrogens (primary N) is 1. The molecule has 0 saturated carbocycles. The summed E-state index contributed by atoms with van der Waals surface area (Å²) in [5.41, 5.74) is 6.00. The van der Waals surface area contributed by atoms with Crippen molar-refractivity contribution >= 4 is 25.7 Å². The van der Waals surface area contributed by atoms with Gasteiger partial charge in [-0.05, 0) is 31.0 Å². The minimum Gasteiger partial charge on any atom is -0.399 e. The highest BCUT2D eigenvalue weighted by Crippen LogP contribution is 2.21. The zero-order valence-electron chi connectivity index (χ0n) is 24.8. The van der Waals surface area contributed by atoms with Crippen LogP contribution in [0, 0.1) is 0 Å². The van der Waals surface area contributed by atoms with Crippen LogP contribution in [-0.4, -0.2) is 29.9 Å². The summed E-state index contributed by atoms with van der Waals surface area (Å²) in [6.45, 7) is 5.10. The molecular weight excluding hydrogens is 530 g/mol. The Kier molecular flexibility index (Phi) is 19.8. The topological polar surface area (TPSA) is 118 Å². The van der Waals surface area contributed by atoms with E-state index in [-0.39, 0.29) is 15.5 Å². The lowest BCUT2D eigenvalue weighted by molar-refractivity contribution is 0.548. The van der Waals surface area contributed by atoms with Crippen LogP contribution in [0.25, 0.3) is 0 Å². The zero-order chi connectivity index (χ0) is 28.8. The van der Waals surface area contributed by atoms with E-state index in [9.17, 15) is 16.8 Å². The van der Waals surface area contributed by atoms with Crippen molar-refractivity contribution in [3.05, 3.63) is 18.2 Å². The zero-order valence-corrected chi connectivity index (χ0v) is 26.4. The summed E-state index contributed by atoms with van der Waals surface area (Å²) in [4.78, 5) is -0.234. The number of unbranched alkanes of at least 4 members (excludes halogenated alkanes) is 18. The molecule has 0 unspecified atom stereocenters. The fraction of sp³-hybridized carbons (Fsp3) is 0.800. The summed E-state index contributed by atoms with van der Waals surface area (Å²) in [5.74, 6) is 0. The van der Waals surface area contributed by atoms with Crippen LogP contribution in [-0.2, 0) is 20.0 Å². The van der Waals surface area contributed by atoms with Crippen molar-refractivity contribution in [1.29, 1.82) is 0 Å². The molecule has 0 aliphatic carbocycles. The quantitative estimate of drug-likeness (QED) is 0.0759. The number of anilines is 1. The van der Waals surface area contributed by atoms with Crippen molar-refractivity contribution in [1.82, 2.24) is 9.44 Å². The fourth-order valence-corrected chi connectivity index (χ4v) is 7.09. The average molecular weight is 588 g/mol. The lowest BCUT2D eigenvalue weighted by Gasteiger charge is -2.11. The normalized spacial score (nSPS) is 12.3. The van der Waals surface area contributed by atoms with Gasteiger partial charge in [-0.1, -0.05) is 129 Å². The SMILES string of the molecule is CCCCCCCCCCCCNS(=O)(=O)c1cc(N)cc(S(=O)(=O)NCCCCCCCCCCCC)c1. The van der Waals surface area contributed by atoms with Gasteiger partial charge in [-0.15, -0.1) is 0 Å². The molecule has 9 heteroatoms. The summed E-state index contributed by atoms with van der Waals surface area (Å²) in [6.07, 6.45) is 23.5. The second-order valence-electron chi connectivity index (χ2n) is 10.9. The van der Waals surface area contributed by atoms with E-state index in [1.165, 1.54) is 108 Å². The molecule has 1 rings (SSSR count). The van der Waals surface area contributed by atoms with Gasteiger partial charge in [-0.2, -0.15) is 0 Å². The number of rotatable bonds is 26. The molecule has 0 saturated heterocycles. The summed E-state index contributed by atoms with van der Waals surface area (Å²) in [6, 6.07) is 3.81. The smallest absolute Gasteiger partial charge is 0.240 e. The molecule has 0 spiro atoms. The van der Waals surface area contributed by atoms with Crippen molar-refractivity contribution in [3.63, 3.8) is 0 Å². The molecule has 4 N–H and O–H groups in total. The van der Waals surface area contributed by atoms with Crippen molar-refractivity contribution < 1.29 is 16.8 Å². The Labute approximate surface area is 240 Å². The summed E-state index contributed by atoms with van der Waals surface area (Å²) in [5, 5.41) is 0. The molecular formula is C30H57N3O4S2. The number of benzene rings is 1. The monoisotopic (exact) mass is 587 g/mol. The predicted molar refractivity (Wildman–Crippen MR) is 165 cm³/mol. The fourth-order valence-electron chi connectivity index (χ4n) is 4.71. The maximum atomic E-state index is 12.8. The van der Waals surface area contributed by atoms with Crippen molar-refractivity contribution in [2.45, 2.75) is 152 Å². The van der Waals surface area contributed by atoms with Crippen molar-refractivity contribution in [2.24, 2.45) is 0 Å². The first-order valence-electron chi connectivity index (χ1n) is 15.6. The Bertz CT molecular complexity index is 892. The van der Waals surface area contributed by atoms with E-state index < -0.39 is 20.0 Å². The van der Waals surface area contributed by atoms with Crippen LogP contribution in [0.4, 0.5) is 5.69 Å². The van der Waals surface area contributed by atoms with E-state index in [1.807, 2.05) is 0 Å². The molecule has 39 heavy (non-hydrogen) atoms. The highest BCUT2D eigenvalue weighted by atomic mass is 32.2. The molecule has 0 heterocycles. The molecule has 0 aromatic heterocycles. The number of sulfonamides is 2. The number of nitrogen functional groups attached to an aromatic ring is 1. The molecule has 228 valence electrons. The lowest BCUT2D eigenvalue weighted by atomic mass is 10.1. The lowest BCUT2D eigenvalue weighted by Crippen LogP contribution is -2.27. The minimum atomic E-state index is -3.84. The van der Waals surface area contributed by atoms with Gasteiger partial charge in [-0.3, -0.25) is 0 Å². The van der Waals surface area contributed by atoms with Gasteiger partial charge in [0.05, 0.1) is 9.79 Å². The van der Waals surface area contributed by atoms with Gasteiger partial charge in [-0.25, -0.2) is 26.3 Å². The molecule has 0 aliphatic heterocycles. The molecule has 0 aliphatic rings. The van der Waals surface area contributed by atoms with Gasteiger partial charge in [0.2, 0.25) is 20.0 Å². The van der Waals surface area contributed by atoms with Gasteiger partial charge in [0.1, 0.15) is 0 Å². The number of nitrogens with one attached hydrogen (secondary N) is 2. The predicted octanol–water partition coefficient (Wildman–Crippen LogP) is 7.67. The van der Waals surface area contributed by atoms with E-state index in [0.29, 0.717) is 13.1 Å². The van der Waals surface area contributed by atoms with E-state index in [2.05, 4.69) is 23.3 Å². The van der Waals surface area contributed by atoms with Crippen LogP contribution in [0.1, 0.15) is 142 Å². The van der Waals surface area contributed by atoms with Crippen molar-refractivity contribution in [3.8, 4) is 0 Å². The molecule has 1 aromatic carbocycles. The average Bonchev–Trinajstić information content (AvgIpc) is 2.90. The summed E-state index contributed by atoms with van der Waals surface area (Å²) >= 11 is 0. The molecule has 7 nitrogen and oxygen atoms in total. The first-order valence-corrected chi connectivity index (χ1v) is 18.6. The van der Waals surface area contributed by atoms with E-state index in [4.69, 9.17) is 5.73 Å². The molecule has 1 aromatic rings. The Morgan fingerprint density at radius 1 is 0.487 bits per heavy atom. The Hall–Kier alpha value is -1.16. The van der Waals surface area contributed by atoms with E-state index in [0.717, 1.165) is 38.5 Å². The highest BCUT2D eigenvalue weighted by molar-refractivity contribution is 7.90. The third-order valence-corrected chi connectivity index (χ3v) is 10.0. The first kappa shape index (κ1) is 35.9. The first-order chi connectivity index (χ1) is 18.7. The Balaban J connectivity index is 2.37. The standard InChI is InChI=1S/C30H57N3O4S2/c1-3-5-7-9-11-13-15-17-19-21-23-32-38(34,35)29-25-28(31)26-30(27-29)39(36,37)33-24-22-20-18-16-14-12-10-8-6-4-2/h25-27,32-33H,3-24,31H2,1-2H3. The molecule has 0 fully saturated rings. The van der Waals surface area contributed by atoms with E-state index in [1.54, 1.807) is 0 Å². The third kappa shape index (κ3) is 17.3. The van der Waals surface area contributed by atoms with Crippen LogP contribution >= 0.6 is 0 Å². The Morgan fingerprint density at radius 2 is 0.769 bits per heavy atom. The van der Waals surface area contributed by atoms with E-state index >= 15 is 0 Å². The maximum Gasteiger partial charge on any atom is 0.240 e. The third-order valence-electron chi connectivity index (χ3n) is 7.17.